The highest BCUT2D eigenvalue weighted by Gasteiger charge is 2.27. The first kappa shape index (κ1) is 18.3. The number of carbonyl (C=O) groups excluding carboxylic acids is 1. The van der Waals surface area contributed by atoms with E-state index in [1.807, 2.05) is 19.1 Å². The second-order valence-corrected chi connectivity index (χ2v) is 10.4. The van der Waals surface area contributed by atoms with Gasteiger partial charge in [0.2, 0.25) is 0 Å². The molecule has 0 saturated carbocycles. The quantitative estimate of drug-likeness (QED) is 0.728. The summed E-state index contributed by atoms with van der Waals surface area (Å²) in [6.07, 6.45) is 4.30. The van der Waals surface area contributed by atoms with E-state index >= 15 is 0 Å². The Labute approximate surface area is 155 Å². The normalized spacial score (nSPS) is 16.9. The average molecular weight is 397 g/mol. The molecule has 2 aromatic rings. The predicted molar refractivity (Wildman–Crippen MR) is 98.9 cm³/mol. The molecule has 3 heterocycles. The molecule has 5 nitrogen and oxygen atoms in total. The van der Waals surface area contributed by atoms with Crippen LogP contribution in [0.5, 0.6) is 0 Å². The van der Waals surface area contributed by atoms with E-state index < -0.39 is 16.0 Å². The summed E-state index contributed by atoms with van der Waals surface area (Å²) >= 11 is 2.46. The lowest BCUT2D eigenvalue weighted by Crippen LogP contribution is -2.35. The zero-order valence-corrected chi connectivity index (χ0v) is 16.2. The Morgan fingerprint density at radius 2 is 1.84 bits per heavy atom. The SMILES string of the molecule is Cc1ccc(/C=C(\C(=O)[O-])c2ccc(S(=O)(=O)N3CCCCC3)s2)s1. The number of rotatable bonds is 5. The molecule has 0 aliphatic carbocycles. The van der Waals surface area contributed by atoms with Gasteiger partial charge in [-0.1, -0.05) is 6.42 Å². The maximum Gasteiger partial charge on any atom is 0.252 e. The Bertz CT molecular complexity index is 902. The molecule has 1 saturated heterocycles. The van der Waals surface area contributed by atoms with Crippen molar-refractivity contribution < 1.29 is 18.3 Å². The van der Waals surface area contributed by atoms with E-state index in [1.165, 1.54) is 27.8 Å². The van der Waals surface area contributed by atoms with Crippen LogP contribution in [0.15, 0.2) is 28.5 Å². The summed E-state index contributed by atoms with van der Waals surface area (Å²) in [5, 5.41) is 11.5. The summed E-state index contributed by atoms with van der Waals surface area (Å²) in [4.78, 5) is 13.8. The van der Waals surface area contributed by atoms with E-state index in [0.717, 1.165) is 40.4 Å². The van der Waals surface area contributed by atoms with Crippen molar-refractivity contribution in [2.75, 3.05) is 13.1 Å². The van der Waals surface area contributed by atoms with Gasteiger partial charge in [-0.05, 0) is 50.1 Å². The minimum Gasteiger partial charge on any atom is -0.545 e. The zero-order chi connectivity index (χ0) is 18.0. The predicted octanol–water partition coefficient (Wildman–Crippen LogP) is 2.58. The molecule has 134 valence electrons. The lowest BCUT2D eigenvalue weighted by atomic mass is 10.2. The molecule has 3 rings (SSSR count). The number of carbonyl (C=O) groups is 1. The summed E-state index contributed by atoms with van der Waals surface area (Å²) < 4.78 is 27.1. The van der Waals surface area contributed by atoms with Crippen molar-refractivity contribution in [2.24, 2.45) is 0 Å². The molecule has 0 spiro atoms. The summed E-state index contributed by atoms with van der Waals surface area (Å²) in [5.41, 5.74) is 0.00643. The van der Waals surface area contributed by atoms with Crippen molar-refractivity contribution in [3.05, 3.63) is 38.9 Å². The van der Waals surface area contributed by atoms with Crippen molar-refractivity contribution in [1.82, 2.24) is 4.31 Å². The van der Waals surface area contributed by atoms with E-state index in [9.17, 15) is 18.3 Å². The molecule has 0 amide bonds. The molecule has 0 aromatic carbocycles. The van der Waals surface area contributed by atoms with Gasteiger partial charge in [0.05, 0.1) is 5.97 Å². The second kappa shape index (κ2) is 7.41. The molecule has 2 aromatic heterocycles. The van der Waals surface area contributed by atoms with E-state index in [0.29, 0.717) is 18.0 Å². The van der Waals surface area contributed by atoms with E-state index in [2.05, 4.69) is 0 Å². The van der Waals surface area contributed by atoms with Crippen LogP contribution in [0.1, 0.15) is 33.9 Å². The summed E-state index contributed by atoms with van der Waals surface area (Å²) in [5.74, 6) is -1.31. The third kappa shape index (κ3) is 4.03. The van der Waals surface area contributed by atoms with Crippen LogP contribution in [-0.4, -0.2) is 31.8 Å². The van der Waals surface area contributed by atoms with Crippen LogP contribution in [0.25, 0.3) is 11.6 Å². The number of hydrogen-bond donors (Lipinski definition) is 0. The molecule has 0 bridgehead atoms. The van der Waals surface area contributed by atoms with Crippen LogP contribution in [0.3, 0.4) is 0 Å². The first-order valence-electron chi connectivity index (χ1n) is 7.98. The Balaban J connectivity index is 1.93. The molecular weight excluding hydrogens is 378 g/mol. The minimum absolute atomic E-state index is 0.00643. The Hall–Kier alpha value is -1.48. The van der Waals surface area contributed by atoms with Crippen LogP contribution < -0.4 is 5.11 Å². The summed E-state index contributed by atoms with van der Waals surface area (Å²) in [6, 6.07) is 6.77. The number of thiophene rings is 2. The number of piperidine rings is 1. The topological polar surface area (TPSA) is 77.5 Å². The fraction of sp³-hybridized carbons (Fsp3) is 0.353. The van der Waals surface area contributed by atoms with Crippen molar-refractivity contribution in [3.63, 3.8) is 0 Å². The standard InChI is InChI=1S/C17H19NO4S3/c1-12-5-6-13(23-12)11-14(17(19)20)15-7-8-16(24-15)25(21,22)18-9-3-2-4-10-18/h5-8,11H,2-4,9-10H2,1H3,(H,19,20)/p-1/b14-11-. The molecule has 1 fully saturated rings. The molecule has 25 heavy (non-hydrogen) atoms. The Kier molecular flexibility index (Phi) is 5.43. The van der Waals surface area contributed by atoms with Crippen LogP contribution in [0, 0.1) is 6.92 Å². The first-order chi connectivity index (χ1) is 11.9. The van der Waals surface area contributed by atoms with E-state index in [-0.39, 0.29) is 9.78 Å². The lowest BCUT2D eigenvalue weighted by molar-refractivity contribution is -0.295. The highest BCUT2D eigenvalue weighted by Crippen LogP contribution is 2.32. The fourth-order valence-electron chi connectivity index (χ4n) is 2.74. The van der Waals surface area contributed by atoms with Crippen LogP contribution in [0.2, 0.25) is 0 Å². The first-order valence-corrected chi connectivity index (χ1v) is 11.0. The van der Waals surface area contributed by atoms with Crippen molar-refractivity contribution in [3.8, 4) is 0 Å². The number of nitrogens with zero attached hydrogens (tertiary/aromatic N) is 1. The summed E-state index contributed by atoms with van der Waals surface area (Å²) in [6.45, 7) is 2.98. The third-order valence-corrected chi connectivity index (χ3v) is 8.46. The van der Waals surface area contributed by atoms with Gasteiger partial charge in [0.15, 0.2) is 0 Å². The third-order valence-electron chi connectivity index (χ3n) is 4.02. The van der Waals surface area contributed by atoms with Crippen LogP contribution in [-0.2, 0) is 14.8 Å². The van der Waals surface area contributed by atoms with Gasteiger partial charge in [0.25, 0.3) is 10.0 Å². The molecule has 1 aliphatic heterocycles. The van der Waals surface area contributed by atoms with Gasteiger partial charge in [-0.2, -0.15) is 4.31 Å². The molecule has 0 atom stereocenters. The van der Waals surface area contributed by atoms with Gasteiger partial charge in [0.1, 0.15) is 4.21 Å². The zero-order valence-electron chi connectivity index (χ0n) is 13.7. The number of sulfonamides is 1. The Morgan fingerprint density at radius 1 is 1.12 bits per heavy atom. The molecule has 0 unspecified atom stereocenters. The van der Waals surface area contributed by atoms with E-state index in [4.69, 9.17) is 0 Å². The Morgan fingerprint density at radius 3 is 2.44 bits per heavy atom. The fourth-order valence-corrected chi connectivity index (χ4v) is 6.54. The average Bonchev–Trinajstić information content (AvgIpc) is 3.22. The molecular formula is C17H18NO4S3-. The van der Waals surface area contributed by atoms with Gasteiger partial charge in [-0.15, -0.1) is 22.7 Å². The smallest absolute Gasteiger partial charge is 0.252 e. The van der Waals surface area contributed by atoms with Crippen molar-refractivity contribution >= 4 is 50.3 Å². The number of carboxylic acids is 1. The largest absolute Gasteiger partial charge is 0.545 e. The van der Waals surface area contributed by atoms with Crippen molar-refractivity contribution in [2.45, 2.75) is 30.4 Å². The number of hydrogen-bond acceptors (Lipinski definition) is 6. The lowest BCUT2D eigenvalue weighted by Gasteiger charge is -2.25. The molecule has 0 N–H and O–H groups in total. The van der Waals surface area contributed by atoms with Gasteiger partial charge in [0, 0.05) is 33.3 Å². The maximum atomic E-state index is 12.7. The minimum atomic E-state index is -3.56. The van der Waals surface area contributed by atoms with Gasteiger partial charge >= 0.3 is 0 Å². The molecule has 8 heteroatoms. The van der Waals surface area contributed by atoms with Gasteiger partial charge in [-0.3, -0.25) is 0 Å². The highest BCUT2D eigenvalue weighted by atomic mass is 32.2. The highest BCUT2D eigenvalue weighted by molar-refractivity contribution is 7.91. The van der Waals surface area contributed by atoms with Crippen LogP contribution >= 0.6 is 22.7 Å². The summed E-state index contributed by atoms with van der Waals surface area (Å²) in [7, 11) is -3.56. The van der Waals surface area contributed by atoms with Gasteiger partial charge in [-0.25, -0.2) is 8.42 Å². The maximum absolute atomic E-state index is 12.7. The number of aryl methyl sites for hydroxylation is 1. The van der Waals surface area contributed by atoms with Crippen LogP contribution in [0.4, 0.5) is 0 Å². The number of carboxylic acid groups (broad SMARTS) is 1. The van der Waals surface area contributed by atoms with E-state index in [1.54, 1.807) is 6.07 Å². The number of aliphatic carboxylic acids is 1. The van der Waals surface area contributed by atoms with Crippen molar-refractivity contribution in [1.29, 1.82) is 0 Å². The monoisotopic (exact) mass is 396 g/mol. The second-order valence-electron chi connectivity index (χ2n) is 5.88. The molecule has 0 radical (unpaired) electrons. The van der Waals surface area contributed by atoms with Gasteiger partial charge < -0.3 is 9.90 Å². The molecule has 1 aliphatic rings.